The molecule has 0 aromatic carbocycles. The van der Waals surface area contributed by atoms with Gasteiger partial charge in [0.2, 0.25) is 0 Å². The maximum Gasteiger partial charge on any atom is 0.191 e. The lowest BCUT2D eigenvalue weighted by molar-refractivity contribution is 0.295. The van der Waals surface area contributed by atoms with Gasteiger partial charge in [-0.25, -0.2) is 4.98 Å². The van der Waals surface area contributed by atoms with Crippen molar-refractivity contribution in [1.82, 2.24) is 15.6 Å². The highest BCUT2D eigenvalue weighted by atomic mass is 32.1. The average molecular weight is 323 g/mol. The largest absolute Gasteiger partial charge is 0.354 e. The van der Waals surface area contributed by atoms with E-state index in [0.717, 1.165) is 29.1 Å². The quantitative estimate of drug-likeness (QED) is 0.640. The summed E-state index contributed by atoms with van der Waals surface area (Å²) in [7, 11) is 1.85. The summed E-state index contributed by atoms with van der Waals surface area (Å²) in [5, 5.41) is 8.15. The summed E-state index contributed by atoms with van der Waals surface area (Å²) >= 11 is 1.76. The second-order valence-electron chi connectivity index (χ2n) is 6.32. The van der Waals surface area contributed by atoms with E-state index in [9.17, 15) is 0 Å². The zero-order valence-corrected chi connectivity index (χ0v) is 15.2. The molecule has 0 aliphatic heterocycles. The molecular formula is C17H30N4S. The van der Waals surface area contributed by atoms with Crippen LogP contribution in [0.5, 0.6) is 0 Å². The third-order valence-electron chi connectivity index (χ3n) is 4.52. The van der Waals surface area contributed by atoms with Crippen LogP contribution in [0.2, 0.25) is 0 Å². The molecule has 1 aromatic heterocycles. The Bertz CT molecular complexity index is 487. The summed E-state index contributed by atoms with van der Waals surface area (Å²) in [6.45, 7) is 7.23. The number of guanidine groups is 1. The van der Waals surface area contributed by atoms with Crippen LogP contribution in [0.4, 0.5) is 0 Å². The van der Waals surface area contributed by atoms with Crippen LogP contribution in [-0.4, -0.2) is 24.0 Å². The van der Waals surface area contributed by atoms with Gasteiger partial charge in [-0.2, -0.15) is 0 Å². The van der Waals surface area contributed by atoms with E-state index in [0.29, 0.717) is 6.04 Å². The fraction of sp³-hybridized carbons (Fsp3) is 0.765. The number of aryl methyl sites for hydroxylation is 2. The van der Waals surface area contributed by atoms with Gasteiger partial charge < -0.3 is 10.6 Å². The highest BCUT2D eigenvalue weighted by Crippen LogP contribution is 2.27. The summed E-state index contributed by atoms with van der Waals surface area (Å²) in [6.07, 6.45) is 7.96. The van der Waals surface area contributed by atoms with Gasteiger partial charge in [-0.1, -0.05) is 19.8 Å². The molecule has 0 spiro atoms. The number of hydrogen-bond donors (Lipinski definition) is 2. The molecule has 4 nitrogen and oxygen atoms in total. The molecule has 5 heteroatoms. The second kappa shape index (κ2) is 8.51. The van der Waals surface area contributed by atoms with Crippen molar-refractivity contribution >= 4 is 17.3 Å². The highest BCUT2D eigenvalue weighted by molar-refractivity contribution is 7.11. The second-order valence-corrected chi connectivity index (χ2v) is 7.61. The van der Waals surface area contributed by atoms with Crippen molar-refractivity contribution in [3.8, 4) is 0 Å². The van der Waals surface area contributed by atoms with Crippen molar-refractivity contribution in [3.63, 3.8) is 0 Å². The first-order chi connectivity index (χ1) is 10.6. The van der Waals surface area contributed by atoms with Crippen molar-refractivity contribution in [1.29, 1.82) is 0 Å². The van der Waals surface area contributed by atoms with E-state index in [1.165, 1.54) is 43.4 Å². The van der Waals surface area contributed by atoms with Crippen LogP contribution >= 0.6 is 11.3 Å². The molecule has 124 valence electrons. The molecule has 0 unspecified atom stereocenters. The van der Waals surface area contributed by atoms with Gasteiger partial charge in [-0.05, 0) is 45.4 Å². The summed E-state index contributed by atoms with van der Waals surface area (Å²) in [5.41, 5.74) is 1.13. The third kappa shape index (κ3) is 4.97. The molecule has 22 heavy (non-hydrogen) atoms. The Morgan fingerprint density at radius 1 is 1.27 bits per heavy atom. The van der Waals surface area contributed by atoms with Gasteiger partial charge in [0.1, 0.15) is 0 Å². The van der Waals surface area contributed by atoms with E-state index >= 15 is 0 Å². The van der Waals surface area contributed by atoms with Crippen LogP contribution < -0.4 is 10.6 Å². The van der Waals surface area contributed by atoms with Crippen molar-refractivity contribution in [2.75, 3.05) is 7.05 Å². The molecule has 1 aromatic rings. The smallest absolute Gasteiger partial charge is 0.191 e. The van der Waals surface area contributed by atoms with E-state index in [-0.39, 0.29) is 0 Å². The Labute approximate surface area is 138 Å². The Morgan fingerprint density at radius 3 is 2.55 bits per heavy atom. The van der Waals surface area contributed by atoms with Crippen molar-refractivity contribution in [2.24, 2.45) is 10.9 Å². The molecule has 0 radical (unpaired) electrons. The van der Waals surface area contributed by atoms with Crippen LogP contribution in [0.3, 0.4) is 0 Å². The Morgan fingerprint density at radius 2 is 2.00 bits per heavy atom. The fourth-order valence-corrected chi connectivity index (χ4v) is 4.17. The molecule has 2 N–H and O–H groups in total. The summed E-state index contributed by atoms with van der Waals surface area (Å²) in [5.74, 6) is 1.87. The molecule has 1 heterocycles. The minimum atomic E-state index is 0.573. The monoisotopic (exact) mass is 322 g/mol. The third-order valence-corrected chi connectivity index (χ3v) is 5.60. The number of nitrogens with one attached hydrogen (secondary N) is 2. The number of aromatic nitrogens is 1. The van der Waals surface area contributed by atoms with E-state index < -0.39 is 0 Å². The van der Waals surface area contributed by atoms with Crippen molar-refractivity contribution in [2.45, 2.75) is 71.9 Å². The molecule has 1 aliphatic carbocycles. The molecule has 1 aliphatic rings. The zero-order valence-electron chi connectivity index (χ0n) is 14.4. The minimum Gasteiger partial charge on any atom is -0.354 e. The first-order valence-corrected chi connectivity index (χ1v) is 9.34. The molecule has 0 bridgehead atoms. The molecule has 0 atom stereocenters. The summed E-state index contributed by atoms with van der Waals surface area (Å²) < 4.78 is 0. The molecule has 0 saturated heterocycles. The predicted molar refractivity (Wildman–Crippen MR) is 95.6 cm³/mol. The molecule has 0 amide bonds. The predicted octanol–water partition coefficient (Wildman–Crippen LogP) is 3.78. The Hall–Kier alpha value is -1.10. The molecule has 2 rings (SSSR count). The van der Waals surface area contributed by atoms with Crippen LogP contribution in [0.15, 0.2) is 4.99 Å². The normalized spacial score (nSPS) is 22.6. The maximum absolute atomic E-state index is 4.47. The average Bonchev–Trinajstić information content (AvgIpc) is 2.83. The SMILES string of the molecule is CCCC1CCC(NC(=NC)NCc2sc(C)nc2C)CC1. The first-order valence-electron chi connectivity index (χ1n) is 8.52. The lowest BCUT2D eigenvalue weighted by atomic mass is 9.83. The van der Waals surface area contributed by atoms with Gasteiger partial charge in [-0.15, -0.1) is 11.3 Å². The standard InChI is InChI=1S/C17H30N4S/c1-5-6-14-7-9-15(10-8-14)21-17(18-4)19-11-16-12(2)20-13(3)22-16/h14-15H,5-11H2,1-4H3,(H2,18,19,21). The van der Waals surface area contributed by atoms with Gasteiger partial charge >= 0.3 is 0 Å². The zero-order chi connectivity index (χ0) is 15.9. The maximum atomic E-state index is 4.47. The number of hydrogen-bond acceptors (Lipinski definition) is 3. The molecular weight excluding hydrogens is 292 g/mol. The van der Waals surface area contributed by atoms with E-state index in [4.69, 9.17) is 0 Å². The van der Waals surface area contributed by atoms with Crippen LogP contribution in [0.25, 0.3) is 0 Å². The summed E-state index contributed by atoms with van der Waals surface area (Å²) in [6, 6.07) is 0.573. The number of nitrogens with zero attached hydrogens (tertiary/aromatic N) is 2. The fourth-order valence-electron chi connectivity index (χ4n) is 3.29. The molecule has 1 fully saturated rings. The van der Waals surface area contributed by atoms with Gasteiger partial charge in [0.05, 0.1) is 17.2 Å². The summed E-state index contributed by atoms with van der Waals surface area (Å²) in [4.78, 5) is 10.1. The lowest BCUT2D eigenvalue weighted by Crippen LogP contribution is -2.44. The molecule has 1 saturated carbocycles. The number of thiazole rings is 1. The topological polar surface area (TPSA) is 49.3 Å². The van der Waals surface area contributed by atoms with Crippen molar-refractivity contribution in [3.05, 3.63) is 15.6 Å². The Balaban J connectivity index is 1.77. The minimum absolute atomic E-state index is 0.573. The first kappa shape index (κ1) is 17.3. The van der Waals surface area contributed by atoms with Gasteiger partial charge in [-0.3, -0.25) is 4.99 Å². The van der Waals surface area contributed by atoms with E-state index in [1.807, 2.05) is 7.05 Å². The highest BCUT2D eigenvalue weighted by Gasteiger charge is 2.21. The van der Waals surface area contributed by atoms with Crippen LogP contribution in [0, 0.1) is 19.8 Å². The van der Waals surface area contributed by atoms with Crippen LogP contribution in [-0.2, 0) is 6.54 Å². The Kier molecular flexibility index (Phi) is 6.68. The number of rotatable bonds is 5. The van der Waals surface area contributed by atoms with Gasteiger partial charge in [0, 0.05) is 18.0 Å². The van der Waals surface area contributed by atoms with E-state index in [1.54, 1.807) is 11.3 Å². The van der Waals surface area contributed by atoms with Crippen LogP contribution in [0.1, 0.15) is 61.0 Å². The van der Waals surface area contributed by atoms with Crippen molar-refractivity contribution < 1.29 is 0 Å². The van der Waals surface area contributed by atoms with Gasteiger partial charge in [0.15, 0.2) is 5.96 Å². The number of aliphatic imine (C=N–C) groups is 1. The van der Waals surface area contributed by atoms with Gasteiger partial charge in [0.25, 0.3) is 0 Å². The van der Waals surface area contributed by atoms with E-state index in [2.05, 4.69) is 41.4 Å². The lowest BCUT2D eigenvalue weighted by Gasteiger charge is -2.30.